The summed E-state index contributed by atoms with van der Waals surface area (Å²) in [5.41, 5.74) is 7.04. The number of fused-ring (bicyclic) bond motifs is 9. The molecule has 0 saturated carbocycles. The molecule has 4 heteroatoms. The molecular formula is C35H21N3S. The van der Waals surface area contributed by atoms with Crippen LogP contribution in [0.25, 0.3) is 75.4 Å². The second-order valence-corrected chi connectivity index (χ2v) is 11.1. The molecule has 0 atom stereocenters. The van der Waals surface area contributed by atoms with Crippen molar-refractivity contribution >= 4 is 75.9 Å². The standard InChI is InChI=1S/C35H21N3S/c1-2-11-23(12-3-1)37-31-20-27-25-14-6-8-16-30(25)38(35-36-29-15-7-9-17-33(29)39-35)32(27)21-28(31)26-19-18-22-10-4-5-13-24(22)34(26)37/h1-21H. The molecule has 0 radical (unpaired) electrons. The minimum absolute atomic E-state index is 0.999. The lowest BCUT2D eigenvalue weighted by molar-refractivity contribution is 1.15. The largest absolute Gasteiger partial charge is 0.309 e. The van der Waals surface area contributed by atoms with E-state index in [4.69, 9.17) is 4.98 Å². The summed E-state index contributed by atoms with van der Waals surface area (Å²) in [6, 6.07) is 45.8. The monoisotopic (exact) mass is 515 g/mol. The van der Waals surface area contributed by atoms with E-state index in [0.717, 1.165) is 10.6 Å². The maximum atomic E-state index is 5.07. The first kappa shape index (κ1) is 21.1. The van der Waals surface area contributed by atoms with Crippen LogP contribution in [0, 0.1) is 0 Å². The topological polar surface area (TPSA) is 22.8 Å². The van der Waals surface area contributed by atoms with Gasteiger partial charge in [0.1, 0.15) is 0 Å². The number of aromatic nitrogens is 3. The molecule has 182 valence electrons. The Morgan fingerprint density at radius 3 is 2.05 bits per heavy atom. The van der Waals surface area contributed by atoms with Gasteiger partial charge in [0, 0.05) is 32.6 Å². The van der Waals surface area contributed by atoms with Crippen LogP contribution >= 0.6 is 11.3 Å². The number of nitrogens with zero attached hydrogens (tertiary/aromatic N) is 3. The third kappa shape index (κ3) is 2.89. The first-order chi connectivity index (χ1) is 19.3. The summed E-state index contributed by atoms with van der Waals surface area (Å²) in [7, 11) is 0. The van der Waals surface area contributed by atoms with E-state index in [2.05, 4.69) is 137 Å². The molecule has 9 rings (SSSR count). The predicted molar refractivity (Wildman–Crippen MR) is 166 cm³/mol. The van der Waals surface area contributed by atoms with Crippen LogP contribution in [-0.2, 0) is 0 Å². The quantitative estimate of drug-likeness (QED) is 0.225. The Bertz CT molecular complexity index is 2360. The van der Waals surface area contributed by atoms with Gasteiger partial charge >= 0.3 is 0 Å². The highest BCUT2D eigenvalue weighted by Gasteiger charge is 2.20. The second-order valence-electron chi connectivity index (χ2n) is 10.1. The zero-order valence-corrected chi connectivity index (χ0v) is 21.7. The number of rotatable bonds is 2. The summed E-state index contributed by atoms with van der Waals surface area (Å²) < 4.78 is 5.99. The van der Waals surface area contributed by atoms with Crippen molar-refractivity contribution in [1.82, 2.24) is 14.1 Å². The second kappa shape index (κ2) is 7.79. The van der Waals surface area contributed by atoms with E-state index in [-0.39, 0.29) is 0 Å². The molecule has 6 aromatic carbocycles. The molecule has 0 aliphatic rings. The fourth-order valence-corrected chi connectivity index (χ4v) is 7.24. The molecule has 0 amide bonds. The lowest BCUT2D eigenvalue weighted by Gasteiger charge is -2.10. The normalized spacial score (nSPS) is 12.1. The molecule has 0 unspecified atom stereocenters. The molecule has 9 aromatic rings. The number of para-hydroxylation sites is 3. The average molecular weight is 516 g/mol. The van der Waals surface area contributed by atoms with E-state index in [0.29, 0.717) is 0 Å². The van der Waals surface area contributed by atoms with Crippen LogP contribution < -0.4 is 0 Å². The van der Waals surface area contributed by atoms with Crippen molar-refractivity contribution in [3.63, 3.8) is 0 Å². The number of thiazole rings is 1. The van der Waals surface area contributed by atoms with E-state index in [1.165, 1.54) is 64.8 Å². The summed E-state index contributed by atoms with van der Waals surface area (Å²) >= 11 is 1.74. The van der Waals surface area contributed by atoms with Crippen molar-refractivity contribution in [3.05, 3.63) is 127 Å². The van der Waals surface area contributed by atoms with E-state index < -0.39 is 0 Å². The van der Waals surface area contributed by atoms with Gasteiger partial charge in [-0.2, -0.15) is 0 Å². The molecule has 0 fully saturated rings. The lowest BCUT2D eigenvalue weighted by Crippen LogP contribution is -1.94. The Morgan fingerprint density at radius 2 is 1.18 bits per heavy atom. The third-order valence-electron chi connectivity index (χ3n) is 7.93. The van der Waals surface area contributed by atoms with Crippen molar-refractivity contribution in [3.8, 4) is 10.8 Å². The maximum Gasteiger partial charge on any atom is 0.195 e. The van der Waals surface area contributed by atoms with Gasteiger partial charge < -0.3 is 4.57 Å². The molecule has 3 aromatic heterocycles. The molecule has 39 heavy (non-hydrogen) atoms. The van der Waals surface area contributed by atoms with Crippen molar-refractivity contribution in [2.75, 3.05) is 0 Å². The lowest BCUT2D eigenvalue weighted by atomic mass is 10.0. The Kier molecular flexibility index (Phi) is 4.21. The SMILES string of the molecule is c1ccc(-n2c3cc4c5ccccc5n(-c5nc6ccccc6s5)c4cc3c3ccc4ccccc4c32)cc1. The van der Waals surface area contributed by atoms with E-state index in [9.17, 15) is 0 Å². The van der Waals surface area contributed by atoms with Crippen LogP contribution in [0.5, 0.6) is 0 Å². The Labute approximate surface area is 227 Å². The highest BCUT2D eigenvalue weighted by atomic mass is 32.1. The smallest absolute Gasteiger partial charge is 0.195 e. The summed E-state index contributed by atoms with van der Waals surface area (Å²) in [6.45, 7) is 0. The summed E-state index contributed by atoms with van der Waals surface area (Å²) in [4.78, 5) is 5.07. The van der Waals surface area contributed by atoms with Crippen LogP contribution in [0.1, 0.15) is 0 Å². The minimum Gasteiger partial charge on any atom is -0.309 e. The molecular weight excluding hydrogens is 494 g/mol. The Hall–Kier alpha value is -4.93. The zero-order valence-electron chi connectivity index (χ0n) is 20.9. The van der Waals surface area contributed by atoms with Crippen LogP contribution in [0.4, 0.5) is 0 Å². The summed E-state index contributed by atoms with van der Waals surface area (Å²) in [6.07, 6.45) is 0. The number of benzene rings is 6. The first-order valence-corrected chi connectivity index (χ1v) is 14.0. The molecule has 0 N–H and O–H groups in total. The van der Waals surface area contributed by atoms with Gasteiger partial charge in [-0.3, -0.25) is 4.57 Å². The van der Waals surface area contributed by atoms with Crippen molar-refractivity contribution in [2.24, 2.45) is 0 Å². The van der Waals surface area contributed by atoms with E-state index >= 15 is 0 Å². The van der Waals surface area contributed by atoms with Gasteiger partial charge in [-0.15, -0.1) is 0 Å². The maximum absolute atomic E-state index is 5.07. The number of hydrogen-bond donors (Lipinski definition) is 0. The van der Waals surface area contributed by atoms with Crippen molar-refractivity contribution < 1.29 is 0 Å². The van der Waals surface area contributed by atoms with E-state index in [1.54, 1.807) is 11.3 Å². The average Bonchev–Trinajstić information content (AvgIpc) is 3.66. The Morgan fingerprint density at radius 1 is 0.487 bits per heavy atom. The molecule has 3 heterocycles. The molecule has 0 aliphatic heterocycles. The number of hydrogen-bond acceptors (Lipinski definition) is 2. The highest BCUT2D eigenvalue weighted by molar-refractivity contribution is 7.20. The van der Waals surface area contributed by atoms with Crippen LogP contribution in [-0.4, -0.2) is 14.1 Å². The first-order valence-electron chi connectivity index (χ1n) is 13.2. The third-order valence-corrected chi connectivity index (χ3v) is 8.96. The minimum atomic E-state index is 0.999. The van der Waals surface area contributed by atoms with Gasteiger partial charge in [-0.25, -0.2) is 4.98 Å². The molecule has 0 aliphatic carbocycles. The molecule has 0 saturated heterocycles. The molecule has 3 nitrogen and oxygen atoms in total. The van der Waals surface area contributed by atoms with Gasteiger partial charge in [0.25, 0.3) is 0 Å². The summed E-state index contributed by atoms with van der Waals surface area (Å²) in [5.74, 6) is 0. The van der Waals surface area contributed by atoms with Crippen LogP contribution in [0.2, 0.25) is 0 Å². The van der Waals surface area contributed by atoms with Gasteiger partial charge in [0.2, 0.25) is 0 Å². The van der Waals surface area contributed by atoms with Crippen LogP contribution in [0.3, 0.4) is 0 Å². The fourth-order valence-electron chi connectivity index (χ4n) is 6.25. The Balaban J connectivity index is 1.49. The van der Waals surface area contributed by atoms with E-state index in [1.807, 2.05) is 0 Å². The van der Waals surface area contributed by atoms with Gasteiger partial charge in [0.15, 0.2) is 5.13 Å². The predicted octanol–water partition coefficient (Wildman–Crippen LogP) is 9.64. The van der Waals surface area contributed by atoms with Crippen molar-refractivity contribution in [2.45, 2.75) is 0 Å². The molecule has 0 spiro atoms. The molecule has 0 bridgehead atoms. The van der Waals surface area contributed by atoms with Gasteiger partial charge in [-0.1, -0.05) is 96.3 Å². The van der Waals surface area contributed by atoms with Crippen molar-refractivity contribution in [1.29, 1.82) is 0 Å². The van der Waals surface area contributed by atoms with Gasteiger partial charge in [-0.05, 0) is 47.9 Å². The zero-order chi connectivity index (χ0) is 25.5. The summed E-state index contributed by atoms with van der Waals surface area (Å²) in [5, 5.41) is 8.49. The van der Waals surface area contributed by atoms with Crippen LogP contribution in [0.15, 0.2) is 127 Å². The highest BCUT2D eigenvalue weighted by Crippen LogP contribution is 2.42. The fraction of sp³-hybridized carbons (Fsp3) is 0. The van der Waals surface area contributed by atoms with Gasteiger partial charge in [0.05, 0.1) is 32.3 Å².